The molecule has 0 amide bonds. The molecule has 0 atom stereocenters. The Labute approximate surface area is 191 Å². The quantitative estimate of drug-likeness (QED) is 0.413. The number of hydrogen-bond acceptors (Lipinski definition) is 4. The molecule has 2 rings (SSSR count). The second-order valence-electron chi connectivity index (χ2n) is 5.63. The summed E-state index contributed by atoms with van der Waals surface area (Å²) < 4.78 is 36.8. The van der Waals surface area contributed by atoms with Crippen molar-refractivity contribution in [3.8, 4) is 17.2 Å². The fraction of sp³-hybridized carbons (Fsp3) is 0.333. The maximum absolute atomic E-state index is 12.1. The van der Waals surface area contributed by atoms with E-state index in [1.165, 1.54) is 30.7 Å². The summed E-state index contributed by atoms with van der Waals surface area (Å²) in [6, 6.07) is 10.3. The molecule has 2 aromatic rings. The predicted octanol–water partition coefficient (Wildman–Crippen LogP) is 0.926. The zero-order chi connectivity index (χ0) is 17.6. The van der Waals surface area contributed by atoms with Crippen molar-refractivity contribution in [2.24, 2.45) is 0 Å². The van der Waals surface area contributed by atoms with Crippen LogP contribution < -0.4 is 61.2 Å². The number of hydrogen-bond donors (Lipinski definition) is 1. The molecule has 0 aliphatic rings. The molecule has 0 aliphatic carbocycles. The standard InChI is InChI=1S/C18H22O5S.K/c1-2-3-4-5-7-14-10-11-16(13-18(14)19)23-15-8-6-9-17(12-15)24(20,21)22;/h6,8-13,19H,2-5,7H2,1H3,(H,20,21,22);/q;+1/p-1. The number of rotatable bonds is 8. The smallest absolute Gasteiger partial charge is 0.872 e. The Kier molecular flexibility index (Phi) is 9.65. The van der Waals surface area contributed by atoms with Crippen LogP contribution in [0, 0.1) is 0 Å². The van der Waals surface area contributed by atoms with E-state index < -0.39 is 10.1 Å². The minimum atomic E-state index is -4.29. The van der Waals surface area contributed by atoms with Crippen molar-refractivity contribution in [2.45, 2.75) is 43.9 Å². The van der Waals surface area contributed by atoms with Crippen molar-refractivity contribution >= 4 is 10.1 Å². The van der Waals surface area contributed by atoms with E-state index in [0.717, 1.165) is 31.2 Å². The molecule has 0 unspecified atom stereocenters. The van der Waals surface area contributed by atoms with Gasteiger partial charge in [-0.05, 0) is 37.1 Å². The van der Waals surface area contributed by atoms with Crippen molar-refractivity contribution in [3.63, 3.8) is 0 Å². The van der Waals surface area contributed by atoms with Gasteiger partial charge < -0.3 is 9.84 Å². The van der Waals surface area contributed by atoms with Gasteiger partial charge in [-0.15, -0.1) is 5.75 Å². The Morgan fingerprint density at radius 2 is 1.76 bits per heavy atom. The third-order valence-electron chi connectivity index (χ3n) is 3.68. The monoisotopic (exact) mass is 388 g/mol. The predicted molar refractivity (Wildman–Crippen MR) is 90.1 cm³/mol. The normalized spacial score (nSPS) is 11.0. The summed E-state index contributed by atoms with van der Waals surface area (Å²) in [5, 5.41) is 12.1. The van der Waals surface area contributed by atoms with E-state index in [0.29, 0.717) is 5.75 Å². The average Bonchev–Trinajstić information content (AvgIpc) is 2.53. The topological polar surface area (TPSA) is 86.7 Å². The summed E-state index contributed by atoms with van der Waals surface area (Å²) in [5.41, 5.74) is 0.755. The molecule has 0 saturated carbocycles. The fourth-order valence-corrected chi connectivity index (χ4v) is 2.90. The van der Waals surface area contributed by atoms with Gasteiger partial charge >= 0.3 is 51.4 Å². The van der Waals surface area contributed by atoms with Crippen LogP contribution in [0.5, 0.6) is 17.2 Å². The largest absolute Gasteiger partial charge is 1.00 e. The third kappa shape index (κ3) is 7.38. The minimum absolute atomic E-state index is 0. The van der Waals surface area contributed by atoms with Crippen LogP contribution in [0.4, 0.5) is 0 Å². The van der Waals surface area contributed by atoms with Gasteiger partial charge in [-0.2, -0.15) is 8.42 Å². The molecule has 0 aliphatic heterocycles. The molecule has 0 radical (unpaired) electrons. The first-order chi connectivity index (χ1) is 11.4. The maximum atomic E-state index is 12.1. The van der Waals surface area contributed by atoms with E-state index in [9.17, 15) is 13.5 Å². The van der Waals surface area contributed by atoms with E-state index in [4.69, 9.17) is 9.29 Å². The minimum Gasteiger partial charge on any atom is -0.872 e. The Hall–Kier alpha value is -0.414. The Bertz CT molecular complexity index is 790. The number of aryl methyl sites for hydroxylation is 1. The third-order valence-corrected chi connectivity index (χ3v) is 4.53. The maximum Gasteiger partial charge on any atom is 1.00 e. The molecule has 7 heteroatoms. The molecular weight excluding hydrogens is 367 g/mol. The molecule has 0 bridgehead atoms. The van der Waals surface area contributed by atoms with Gasteiger partial charge in [0.05, 0.1) is 4.90 Å². The summed E-state index contributed by atoms with van der Waals surface area (Å²) in [4.78, 5) is -0.255. The zero-order valence-electron chi connectivity index (χ0n) is 14.6. The second kappa shape index (κ2) is 10.7. The van der Waals surface area contributed by atoms with Gasteiger partial charge in [0.1, 0.15) is 11.5 Å². The molecule has 0 fully saturated rings. The van der Waals surface area contributed by atoms with Gasteiger partial charge in [-0.25, -0.2) is 0 Å². The van der Waals surface area contributed by atoms with Crippen LogP contribution in [0.1, 0.15) is 38.2 Å². The molecule has 0 aromatic heterocycles. The van der Waals surface area contributed by atoms with Gasteiger partial charge in [0.25, 0.3) is 10.1 Å². The van der Waals surface area contributed by atoms with Crippen LogP contribution in [-0.4, -0.2) is 13.0 Å². The molecule has 1 N–H and O–H groups in total. The molecular formula is C18H21KO5S. The summed E-state index contributed by atoms with van der Waals surface area (Å²) in [5.74, 6) is 0.486. The first kappa shape index (κ1) is 22.6. The van der Waals surface area contributed by atoms with Crippen LogP contribution in [-0.2, 0) is 16.5 Å². The molecule has 0 spiro atoms. The zero-order valence-corrected chi connectivity index (χ0v) is 18.5. The number of unbranched alkanes of at least 4 members (excludes halogenated alkanes) is 3. The molecule has 130 valence electrons. The first-order valence-electron chi connectivity index (χ1n) is 7.95. The Morgan fingerprint density at radius 3 is 2.40 bits per heavy atom. The van der Waals surface area contributed by atoms with Crippen molar-refractivity contribution in [2.75, 3.05) is 0 Å². The van der Waals surface area contributed by atoms with Gasteiger partial charge in [0.2, 0.25) is 0 Å². The molecule has 2 aromatic carbocycles. The number of ether oxygens (including phenoxy) is 1. The van der Waals surface area contributed by atoms with Crippen LogP contribution >= 0.6 is 0 Å². The van der Waals surface area contributed by atoms with Crippen LogP contribution in [0.25, 0.3) is 0 Å². The van der Waals surface area contributed by atoms with Gasteiger partial charge in [0, 0.05) is 6.07 Å². The van der Waals surface area contributed by atoms with Crippen LogP contribution in [0.2, 0.25) is 0 Å². The van der Waals surface area contributed by atoms with Crippen LogP contribution in [0.3, 0.4) is 0 Å². The molecule has 25 heavy (non-hydrogen) atoms. The van der Waals surface area contributed by atoms with E-state index in [-0.39, 0.29) is 67.8 Å². The number of benzene rings is 2. The van der Waals surface area contributed by atoms with Gasteiger partial charge in [-0.1, -0.05) is 43.9 Å². The van der Waals surface area contributed by atoms with Crippen molar-refractivity contribution in [1.29, 1.82) is 0 Å². The van der Waals surface area contributed by atoms with Crippen LogP contribution in [0.15, 0.2) is 47.4 Å². The SMILES string of the molecule is CCCCCCc1ccc(Oc2cccc(S(=O)(=O)O)c2)cc1[O-].[K+]. The fourth-order valence-electron chi connectivity index (χ4n) is 2.38. The molecule has 5 nitrogen and oxygen atoms in total. The van der Waals surface area contributed by atoms with Crippen molar-refractivity contribution in [3.05, 3.63) is 48.0 Å². The summed E-state index contributed by atoms with van der Waals surface area (Å²) in [6.45, 7) is 2.14. The van der Waals surface area contributed by atoms with Crippen molar-refractivity contribution in [1.82, 2.24) is 0 Å². The van der Waals surface area contributed by atoms with E-state index in [1.807, 2.05) is 0 Å². The Morgan fingerprint density at radius 1 is 1.04 bits per heavy atom. The second-order valence-corrected chi connectivity index (χ2v) is 7.05. The molecule has 0 saturated heterocycles. The summed E-state index contributed by atoms with van der Waals surface area (Å²) in [7, 11) is -4.29. The van der Waals surface area contributed by atoms with E-state index in [2.05, 4.69) is 6.92 Å². The van der Waals surface area contributed by atoms with Crippen molar-refractivity contribution < 1.29 is 74.2 Å². The average molecular weight is 389 g/mol. The van der Waals surface area contributed by atoms with E-state index in [1.54, 1.807) is 18.2 Å². The van der Waals surface area contributed by atoms with Gasteiger partial charge in [-0.3, -0.25) is 4.55 Å². The summed E-state index contributed by atoms with van der Waals surface area (Å²) in [6.07, 6.45) is 5.16. The van der Waals surface area contributed by atoms with Gasteiger partial charge in [0.15, 0.2) is 0 Å². The Balaban J connectivity index is 0.00000312. The first-order valence-corrected chi connectivity index (χ1v) is 9.39. The summed E-state index contributed by atoms with van der Waals surface area (Å²) >= 11 is 0. The van der Waals surface area contributed by atoms with E-state index >= 15 is 0 Å². The molecule has 0 heterocycles.